The Kier molecular flexibility index (Phi) is 2.94. The van der Waals surface area contributed by atoms with Gasteiger partial charge in [0.25, 0.3) is 0 Å². The van der Waals surface area contributed by atoms with E-state index in [0.717, 1.165) is 4.68 Å². The summed E-state index contributed by atoms with van der Waals surface area (Å²) in [7, 11) is 4.48. The van der Waals surface area contributed by atoms with E-state index < -0.39 is 16.3 Å². The third kappa shape index (κ3) is 1.91. The number of anilines is 1. The van der Waals surface area contributed by atoms with Crippen molar-refractivity contribution in [1.82, 2.24) is 9.78 Å². The fraction of sp³-hybridized carbons (Fsp3) is 0.429. The number of hydrogen-bond acceptors (Lipinski definition) is 5. The lowest BCUT2D eigenvalue weighted by molar-refractivity contribution is -0.390. The lowest BCUT2D eigenvalue weighted by Gasteiger charge is -2.12. The Labute approximate surface area is 90.0 Å². The molecule has 82 valence electrons. The van der Waals surface area contributed by atoms with E-state index in [1.807, 2.05) is 0 Å². The van der Waals surface area contributed by atoms with Gasteiger partial charge in [0.2, 0.25) is 0 Å². The summed E-state index contributed by atoms with van der Waals surface area (Å²) in [6.07, 6.45) is 0. The maximum Gasteiger partial charge on any atom is 0.409 e. The summed E-state index contributed by atoms with van der Waals surface area (Å²) >= 11 is 5.72. The predicted octanol–water partition coefficient (Wildman–Crippen LogP) is 0.408. The summed E-state index contributed by atoms with van der Waals surface area (Å²) in [5.74, 6) is -0.525. The monoisotopic (exact) mass is 232 g/mol. The molecule has 0 fully saturated rings. The molecule has 8 heteroatoms. The second-order valence-electron chi connectivity index (χ2n) is 3.07. The van der Waals surface area contributed by atoms with Crippen LogP contribution in [-0.2, 0) is 7.05 Å². The van der Waals surface area contributed by atoms with Gasteiger partial charge in [-0.3, -0.25) is 4.79 Å². The average molecular weight is 233 g/mol. The number of rotatable bonds is 2. The van der Waals surface area contributed by atoms with Crippen LogP contribution < -0.4 is 10.5 Å². The summed E-state index contributed by atoms with van der Waals surface area (Å²) in [5, 5.41) is 13.8. The van der Waals surface area contributed by atoms with Crippen LogP contribution in [0.2, 0.25) is 5.02 Å². The molecule has 0 aliphatic heterocycles. The molecule has 1 aromatic heterocycles. The standard InChI is InChI=1S/C7H9ClN4O3/c1-10(2)5-4(8)6(12(14)15)9-11(3)7(5)13/h1-3H3. The van der Waals surface area contributed by atoms with Crippen molar-refractivity contribution in [3.8, 4) is 0 Å². The van der Waals surface area contributed by atoms with Crippen LogP contribution in [0.4, 0.5) is 11.5 Å². The molecule has 0 aliphatic carbocycles. The molecular weight excluding hydrogens is 224 g/mol. The first kappa shape index (κ1) is 11.4. The Bertz CT molecular complexity index is 468. The van der Waals surface area contributed by atoms with Crippen LogP contribution in [0.15, 0.2) is 4.79 Å². The minimum atomic E-state index is -0.727. The summed E-state index contributed by atoms with van der Waals surface area (Å²) in [6, 6.07) is 0. The molecule has 15 heavy (non-hydrogen) atoms. The van der Waals surface area contributed by atoms with Crippen molar-refractivity contribution in [3.05, 3.63) is 25.5 Å². The maximum absolute atomic E-state index is 11.6. The van der Waals surface area contributed by atoms with Crippen molar-refractivity contribution in [3.63, 3.8) is 0 Å². The van der Waals surface area contributed by atoms with Gasteiger partial charge in [-0.15, -0.1) is 4.68 Å². The van der Waals surface area contributed by atoms with E-state index in [1.165, 1.54) is 11.9 Å². The molecule has 0 atom stereocenters. The molecule has 0 unspecified atom stereocenters. The van der Waals surface area contributed by atoms with E-state index in [-0.39, 0.29) is 10.7 Å². The second kappa shape index (κ2) is 3.85. The van der Waals surface area contributed by atoms with Gasteiger partial charge in [-0.05, 0) is 4.92 Å². The predicted molar refractivity (Wildman–Crippen MR) is 55.5 cm³/mol. The van der Waals surface area contributed by atoms with Crippen LogP contribution in [0.5, 0.6) is 0 Å². The molecule has 0 spiro atoms. The third-order valence-electron chi connectivity index (χ3n) is 1.77. The second-order valence-corrected chi connectivity index (χ2v) is 3.44. The molecule has 0 amide bonds. The SMILES string of the molecule is CN(C)c1c(Cl)c([N+](=O)[O-])nn(C)c1=O. The highest BCUT2D eigenvalue weighted by atomic mass is 35.5. The van der Waals surface area contributed by atoms with E-state index in [4.69, 9.17) is 11.6 Å². The van der Waals surface area contributed by atoms with E-state index in [2.05, 4.69) is 5.10 Å². The number of nitrogens with zero attached hydrogens (tertiary/aromatic N) is 4. The molecule has 0 bridgehead atoms. The molecule has 1 heterocycles. The van der Waals surface area contributed by atoms with Crippen molar-refractivity contribution in [2.24, 2.45) is 7.05 Å². The zero-order valence-electron chi connectivity index (χ0n) is 8.39. The number of aryl methyl sites for hydroxylation is 1. The number of nitro groups is 1. The zero-order valence-corrected chi connectivity index (χ0v) is 9.15. The van der Waals surface area contributed by atoms with Gasteiger partial charge < -0.3 is 15.0 Å². The quantitative estimate of drug-likeness (QED) is 0.545. The van der Waals surface area contributed by atoms with E-state index in [9.17, 15) is 14.9 Å². The fourth-order valence-corrected chi connectivity index (χ4v) is 1.45. The first-order valence-corrected chi connectivity index (χ1v) is 4.32. The van der Waals surface area contributed by atoms with E-state index >= 15 is 0 Å². The first-order valence-electron chi connectivity index (χ1n) is 3.94. The van der Waals surface area contributed by atoms with E-state index in [0.29, 0.717) is 0 Å². The Hall–Kier alpha value is -1.63. The van der Waals surface area contributed by atoms with Gasteiger partial charge in [0.05, 0.1) is 12.1 Å². The van der Waals surface area contributed by atoms with Crippen molar-refractivity contribution in [2.45, 2.75) is 0 Å². The molecule has 0 aliphatic rings. The molecule has 0 aromatic carbocycles. The Balaban J connectivity index is 3.64. The highest BCUT2D eigenvalue weighted by Gasteiger charge is 2.24. The smallest absolute Gasteiger partial charge is 0.372 e. The van der Waals surface area contributed by atoms with Crippen LogP contribution in [-0.4, -0.2) is 28.8 Å². The van der Waals surface area contributed by atoms with Crippen LogP contribution >= 0.6 is 11.6 Å². The minimum absolute atomic E-state index is 0.0564. The van der Waals surface area contributed by atoms with Gasteiger partial charge in [-0.1, -0.05) is 11.6 Å². The summed E-state index contributed by atoms with van der Waals surface area (Å²) in [6.45, 7) is 0. The maximum atomic E-state index is 11.6. The van der Waals surface area contributed by atoms with Crippen molar-refractivity contribution < 1.29 is 4.92 Å². The molecule has 1 rings (SSSR count). The fourth-order valence-electron chi connectivity index (χ4n) is 1.09. The van der Waals surface area contributed by atoms with E-state index in [1.54, 1.807) is 14.1 Å². The number of aromatic nitrogens is 2. The van der Waals surface area contributed by atoms with Crippen molar-refractivity contribution >= 4 is 23.1 Å². The molecule has 0 radical (unpaired) electrons. The Morgan fingerprint density at radius 2 is 2.07 bits per heavy atom. The lowest BCUT2D eigenvalue weighted by Crippen LogP contribution is -2.28. The van der Waals surface area contributed by atoms with Crippen molar-refractivity contribution in [2.75, 3.05) is 19.0 Å². The van der Waals surface area contributed by atoms with Gasteiger partial charge in [-0.2, -0.15) is 0 Å². The van der Waals surface area contributed by atoms with Gasteiger partial charge >= 0.3 is 11.4 Å². The highest BCUT2D eigenvalue weighted by Crippen LogP contribution is 2.27. The highest BCUT2D eigenvalue weighted by molar-refractivity contribution is 6.35. The first-order chi connectivity index (χ1) is 6.86. The Morgan fingerprint density at radius 3 is 2.47 bits per heavy atom. The molecular formula is C7H9ClN4O3. The normalized spacial score (nSPS) is 10.1. The summed E-state index contributed by atoms with van der Waals surface area (Å²) in [4.78, 5) is 22.8. The topological polar surface area (TPSA) is 81.3 Å². The van der Waals surface area contributed by atoms with Crippen LogP contribution in [0.3, 0.4) is 0 Å². The lowest BCUT2D eigenvalue weighted by atomic mass is 10.4. The molecule has 7 nitrogen and oxygen atoms in total. The minimum Gasteiger partial charge on any atom is -0.372 e. The van der Waals surface area contributed by atoms with Crippen LogP contribution in [0.25, 0.3) is 0 Å². The summed E-state index contributed by atoms with van der Waals surface area (Å²) in [5.41, 5.74) is -0.420. The number of halogens is 1. The van der Waals surface area contributed by atoms with Gasteiger partial charge in [0.15, 0.2) is 5.02 Å². The molecule has 1 aromatic rings. The molecule has 0 saturated heterocycles. The van der Waals surface area contributed by atoms with Crippen LogP contribution in [0.1, 0.15) is 0 Å². The van der Waals surface area contributed by atoms with Gasteiger partial charge in [0, 0.05) is 14.1 Å². The molecule has 0 saturated carbocycles. The average Bonchev–Trinajstić information content (AvgIpc) is 2.10. The van der Waals surface area contributed by atoms with Gasteiger partial charge in [-0.25, -0.2) is 0 Å². The largest absolute Gasteiger partial charge is 0.409 e. The van der Waals surface area contributed by atoms with Crippen molar-refractivity contribution in [1.29, 1.82) is 0 Å². The van der Waals surface area contributed by atoms with Crippen LogP contribution in [0, 0.1) is 10.1 Å². The van der Waals surface area contributed by atoms with Gasteiger partial charge in [0.1, 0.15) is 5.69 Å². The molecule has 0 N–H and O–H groups in total. The third-order valence-corrected chi connectivity index (χ3v) is 2.11. The number of hydrogen-bond donors (Lipinski definition) is 0. The Morgan fingerprint density at radius 1 is 1.53 bits per heavy atom. The summed E-state index contributed by atoms with van der Waals surface area (Å²) < 4.78 is 0.888. The zero-order chi connectivity index (χ0) is 11.7.